The minimum atomic E-state index is 0.588. The molecule has 2 aliphatic rings. The predicted octanol–water partition coefficient (Wildman–Crippen LogP) is 2.94. The first kappa shape index (κ1) is 21.1. The van der Waals surface area contributed by atoms with E-state index >= 15 is 0 Å². The average molecular weight is 386 g/mol. The van der Waals surface area contributed by atoms with Gasteiger partial charge in [0.25, 0.3) is 0 Å². The van der Waals surface area contributed by atoms with Crippen LogP contribution in [0.4, 0.5) is 0 Å². The second-order valence-electron chi connectivity index (χ2n) is 8.68. The Hall–Kier alpha value is -1.59. The number of guanidine groups is 1. The van der Waals surface area contributed by atoms with Crippen molar-refractivity contribution in [1.82, 2.24) is 20.4 Å². The number of nitrogens with zero attached hydrogens (tertiary/aromatic N) is 3. The van der Waals surface area contributed by atoms with Gasteiger partial charge in [-0.1, -0.05) is 30.3 Å². The molecule has 1 aromatic carbocycles. The topological polar surface area (TPSA) is 42.9 Å². The first-order valence-electron chi connectivity index (χ1n) is 11.1. The molecule has 28 heavy (non-hydrogen) atoms. The first-order chi connectivity index (χ1) is 13.7. The number of hydrogen-bond acceptors (Lipinski definition) is 3. The van der Waals surface area contributed by atoms with E-state index in [1.54, 1.807) is 0 Å². The Morgan fingerprint density at radius 3 is 2.57 bits per heavy atom. The molecule has 0 radical (unpaired) electrons. The average Bonchev–Trinajstić information content (AvgIpc) is 3.16. The second-order valence-corrected chi connectivity index (χ2v) is 8.68. The minimum Gasteiger partial charge on any atom is -0.356 e. The summed E-state index contributed by atoms with van der Waals surface area (Å²) >= 11 is 0. The summed E-state index contributed by atoms with van der Waals surface area (Å²) in [5.74, 6) is 1.67. The fourth-order valence-corrected chi connectivity index (χ4v) is 4.56. The fraction of sp³-hybridized carbons (Fsp3) is 0.696. The molecule has 2 aliphatic heterocycles. The molecule has 2 fully saturated rings. The molecular weight excluding hydrogens is 346 g/mol. The molecule has 2 heterocycles. The molecule has 156 valence electrons. The van der Waals surface area contributed by atoms with Crippen LogP contribution >= 0.6 is 0 Å². The smallest absolute Gasteiger partial charge is 0.191 e. The van der Waals surface area contributed by atoms with E-state index in [1.165, 1.54) is 50.9 Å². The molecule has 5 heteroatoms. The summed E-state index contributed by atoms with van der Waals surface area (Å²) in [5.41, 5.74) is 1.41. The van der Waals surface area contributed by atoms with Crippen LogP contribution in [0.5, 0.6) is 0 Å². The molecule has 0 aliphatic carbocycles. The minimum absolute atomic E-state index is 0.588. The van der Waals surface area contributed by atoms with Gasteiger partial charge in [-0.05, 0) is 64.1 Å². The molecule has 0 saturated carbocycles. The van der Waals surface area contributed by atoms with E-state index in [4.69, 9.17) is 0 Å². The maximum absolute atomic E-state index is 4.46. The molecule has 0 aromatic heterocycles. The van der Waals surface area contributed by atoms with Gasteiger partial charge in [-0.15, -0.1) is 0 Å². The largest absolute Gasteiger partial charge is 0.356 e. The van der Waals surface area contributed by atoms with Gasteiger partial charge in [0.05, 0.1) is 0 Å². The van der Waals surface area contributed by atoms with Crippen LogP contribution in [0.3, 0.4) is 0 Å². The van der Waals surface area contributed by atoms with Crippen LogP contribution in [-0.2, 0) is 6.54 Å². The quantitative estimate of drug-likeness (QED) is 0.559. The van der Waals surface area contributed by atoms with Crippen LogP contribution in [-0.4, -0.2) is 67.6 Å². The normalized spacial score (nSPS) is 24.6. The maximum atomic E-state index is 4.46. The van der Waals surface area contributed by atoms with Gasteiger partial charge < -0.3 is 15.5 Å². The second kappa shape index (κ2) is 10.8. The van der Waals surface area contributed by atoms with Crippen molar-refractivity contribution < 1.29 is 0 Å². The lowest BCUT2D eigenvalue weighted by Crippen LogP contribution is -2.48. The Bertz CT molecular complexity index is 600. The summed E-state index contributed by atoms with van der Waals surface area (Å²) in [6.07, 6.45) is 5.19. The van der Waals surface area contributed by atoms with Crippen molar-refractivity contribution in [2.75, 3.05) is 39.8 Å². The van der Waals surface area contributed by atoms with Gasteiger partial charge in [-0.3, -0.25) is 9.89 Å². The van der Waals surface area contributed by atoms with Crippen LogP contribution in [0.2, 0.25) is 0 Å². The molecule has 3 rings (SSSR count). The van der Waals surface area contributed by atoms with Gasteiger partial charge in [-0.2, -0.15) is 0 Å². The summed E-state index contributed by atoms with van der Waals surface area (Å²) in [5, 5.41) is 7.17. The van der Waals surface area contributed by atoms with Crippen LogP contribution < -0.4 is 10.6 Å². The SMILES string of the molecule is CN=C(NCC1CCCN(C(C)C)C1)NCC1CCCN1Cc1ccccc1. The zero-order valence-corrected chi connectivity index (χ0v) is 18.0. The number of benzene rings is 1. The lowest BCUT2D eigenvalue weighted by Gasteiger charge is -2.35. The maximum Gasteiger partial charge on any atom is 0.191 e. The van der Waals surface area contributed by atoms with E-state index in [1.807, 2.05) is 7.05 Å². The molecule has 0 amide bonds. The molecule has 2 N–H and O–H groups in total. The summed E-state index contributed by atoms with van der Waals surface area (Å²) in [7, 11) is 1.88. The van der Waals surface area contributed by atoms with Gasteiger partial charge in [0.1, 0.15) is 0 Å². The summed E-state index contributed by atoms with van der Waals surface area (Å²) < 4.78 is 0. The molecule has 0 spiro atoms. The first-order valence-corrected chi connectivity index (χ1v) is 11.1. The molecule has 2 saturated heterocycles. The fourth-order valence-electron chi connectivity index (χ4n) is 4.56. The zero-order chi connectivity index (χ0) is 19.8. The third kappa shape index (κ3) is 6.21. The van der Waals surface area contributed by atoms with Crippen LogP contribution in [0.1, 0.15) is 45.1 Å². The van der Waals surface area contributed by atoms with Gasteiger partial charge in [0, 0.05) is 45.3 Å². The lowest BCUT2D eigenvalue weighted by molar-refractivity contribution is 0.141. The van der Waals surface area contributed by atoms with E-state index in [9.17, 15) is 0 Å². The van der Waals surface area contributed by atoms with Crippen LogP contribution in [0.15, 0.2) is 35.3 Å². The third-order valence-electron chi connectivity index (χ3n) is 6.30. The van der Waals surface area contributed by atoms with Gasteiger partial charge in [0.2, 0.25) is 0 Å². The highest BCUT2D eigenvalue weighted by molar-refractivity contribution is 5.79. The molecule has 0 bridgehead atoms. The number of piperidine rings is 1. The standard InChI is InChI=1S/C23H39N5/c1-19(2)27-13-7-11-21(18-27)15-25-23(24-3)26-16-22-12-8-14-28(22)17-20-9-5-4-6-10-20/h4-6,9-10,19,21-22H,7-8,11-18H2,1-3H3,(H2,24,25,26). The van der Waals surface area contributed by atoms with Crippen LogP contribution in [0.25, 0.3) is 0 Å². The zero-order valence-electron chi connectivity index (χ0n) is 18.0. The molecular formula is C23H39N5. The highest BCUT2D eigenvalue weighted by Gasteiger charge is 2.25. The highest BCUT2D eigenvalue weighted by atomic mass is 15.2. The van der Waals surface area contributed by atoms with Crippen molar-refractivity contribution in [3.8, 4) is 0 Å². The Labute approximate surface area is 171 Å². The number of nitrogens with one attached hydrogen (secondary N) is 2. The van der Waals surface area contributed by atoms with Crippen molar-refractivity contribution in [2.24, 2.45) is 10.9 Å². The van der Waals surface area contributed by atoms with E-state index in [0.29, 0.717) is 12.1 Å². The van der Waals surface area contributed by atoms with Crippen molar-refractivity contribution >= 4 is 5.96 Å². The summed E-state index contributed by atoms with van der Waals surface area (Å²) in [6, 6.07) is 12.1. The molecule has 1 aromatic rings. The Kier molecular flexibility index (Phi) is 8.16. The summed E-state index contributed by atoms with van der Waals surface area (Å²) in [4.78, 5) is 9.67. The Balaban J connectivity index is 1.42. The van der Waals surface area contributed by atoms with Crippen molar-refractivity contribution in [2.45, 2.75) is 58.2 Å². The van der Waals surface area contributed by atoms with Crippen molar-refractivity contribution in [3.05, 3.63) is 35.9 Å². The third-order valence-corrected chi connectivity index (χ3v) is 6.30. The van der Waals surface area contributed by atoms with E-state index in [2.05, 4.69) is 69.6 Å². The van der Waals surface area contributed by atoms with Crippen LogP contribution in [0, 0.1) is 5.92 Å². The number of aliphatic imine (C=N–C) groups is 1. The van der Waals surface area contributed by atoms with E-state index in [0.717, 1.165) is 31.5 Å². The van der Waals surface area contributed by atoms with Gasteiger partial charge in [-0.25, -0.2) is 0 Å². The predicted molar refractivity (Wildman–Crippen MR) is 119 cm³/mol. The monoisotopic (exact) mass is 385 g/mol. The molecule has 2 unspecified atom stereocenters. The van der Waals surface area contributed by atoms with Gasteiger partial charge in [0.15, 0.2) is 5.96 Å². The number of hydrogen-bond donors (Lipinski definition) is 2. The lowest BCUT2D eigenvalue weighted by atomic mass is 9.97. The van der Waals surface area contributed by atoms with Gasteiger partial charge >= 0.3 is 0 Å². The molecule has 2 atom stereocenters. The number of likely N-dealkylation sites (tertiary alicyclic amines) is 2. The van der Waals surface area contributed by atoms with Crippen molar-refractivity contribution in [3.63, 3.8) is 0 Å². The number of rotatable bonds is 7. The molecule has 5 nitrogen and oxygen atoms in total. The van der Waals surface area contributed by atoms with E-state index < -0.39 is 0 Å². The Morgan fingerprint density at radius 2 is 1.82 bits per heavy atom. The Morgan fingerprint density at radius 1 is 1.07 bits per heavy atom. The highest BCUT2D eigenvalue weighted by Crippen LogP contribution is 2.20. The summed E-state index contributed by atoms with van der Waals surface area (Å²) in [6.45, 7) is 11.3. The van der Waals surface area contributed by atoms with E-state index in [-0.39, 0.29) is 0 Å². The van der Waals surface area contributed by atoms with Crippen molar-refractivity contribution in [1.29, 1.82) is 0 Å².